The number of aliphatic hydroxyl groups excluding tert-OH is 3. The van der Waals surface area contributed by atoms with Crippen molar-refractivity contribution in [2.75, 3.05) is 32.8 Å². The summed E-state index contributed by atoms with van der Waals surface area (Å²) in [5.74, 6) is -0.752. The summed E-state index contributed by atoms with van der Waals surface area (Å²) in [7, 11) is 0. The Morgan fingerprint density at radius 2 is 1.86 bits per heavy atom. The highest BCUT2D eigenvalue weighted by Gasteiger charge is 2.65. The summed E-state index contributed by atoms with van der Waals surface area (Å²) in [6, 6.07) is 0. The number of ketones is 1. The van der Waals surface area contributed by atoms with E-state index in [-0.39, 0.29) is 72.8 Å². The molecular weight excluding hydrogens is 714 g/mol. The zero-order chi connectivity index (χ0) is 39.7. The molecule has 13 heteroatoms. The van der Waals surface area contributed by atoms with Crippen LogP contribution in [0.1, 0.15) is 104 Å². The molecule has 5 heterocycles. The van der Waals surface area contributed by atoms with E-state index in [9.17, 15) is 24.9 Å². The molecular formula is C43H75N5O8+2. The second-order valence-electron chi connectivity index (χ2n) is 19.2. The first-order valence-electron chi connectivity index (χ1n) is 22.5. The van der Waals surface area contributed by atoms with Crippen LogP contribution in [0.5, 0.6) is 0 Å². The van der Waals surface area contributed by atoms with Crippen molar-refractivity contribution in [1.82, 2.24) is 5.32 Å². The van der Waals surface area contributed by atoms with Gasteiger partial charge in [0.05, 0.1) is 67.9 Å². The van der Waals surface area contributed by atoms with Crippen molar-refractivity contribution in [3.8, 4) is 0 Å². The lowest BCUT2D eigenvalue weighted by Crippen LogP contribution is -2.95. The predicted octanol–water partition coefficient (Wildman–Crippen LogP) is 0.0436. The van der Waals surface area contributed by atoms with Crippen LogP contribution < -0.4 is 27.4 Å². The number of Topliss-reactive ketones (excluding diaryl/α,β-unsaturated/α-hetero) is 1. The summed E-state index contributed by atoms with van der Waals surface area (Å²) < 4.78 is 21.2. The third-order valence-corrected chi connectivity index (χ3v) is 16.0. The smallest absolute Gasteiger partial charge is 0.339 e. The van der Waals surface area contributed by atoms with Crippen molar-refractivity contribution in [2.24, 2.45) is 64.7 Å². The maximum atomic E-state index is 14.2. The normalized spacial score (nSPS) is 47.3. The van der Waals surface area contributed by atoms with E-state index in [0.717, 1.165) is 90.3 Å². The highest BCUT2D eigenvalue weighted by Crippen LogP contribution is 2.58. The van der Waals surface area contributed by atoms with E-state index < -0.39 is 48.0 Å². The van der Waals surface area contributed by atoms with Crippen LogP contribution in [0.15, 0.2) is 11.6 Å². The van der Waals surface area contributed by atoms with Crippen molar-refractivity contribution < 1.29 is 49.8 Å². The number of aliphatic hydroxyl groups is 3. The van der Waals surface area contributed by atoms with Crippen LogP contribution in [-0.2, 0) is 23.8 Å². The number of esters is 1. The van der Waals surface area contributed by atoms with Crippen molar-refractivity contribution in [3.63, 3.8) is 0 Å². The summed E-state index contributed by atoms with van der Waals surface area (Å²) in [6.07, 6.45) is 8.41. The molecule has 0 amide bonds. The molecule has 0 aromatic carbocycles. The van der Waals surface area contributed by atoms with Crippen LogP contribution in [0.2, 0.25) is 0 Å². The molecule has 12 N–H and O–H groups in total. The van der Waals surface area contributed by atoms with Gasteiger partial charge in [0.1, 0.15) is 30.2 Å². The van der Waals surface area contributed by atoms with Gasteiger partial charge in [-0.05, 0) is 115 Å². The van der Waals surface area contributed by atoms with Crippen LogP contribution in [0.25, 0.3) is 0 Å². The lowest BCUT2D eigenvalue weighted by atomic mass is 9.53. The predicted molar refractivity (Wildman–Crippen MR) is 209 cm³/mol. The summed E-state index contributed by atoms with van der Waals surface area (Å²) in [6.45, 7) is 8.91. The molecule has 7 fully saturated rings. The van der Waals surface area contributed by atoms with E-state index in [4.69, 9.17) is 25.7 Å². The third kappa shape index (κ3) is 8.69. The van der Waals surface area contributed by atoms with Gasteiger partial charge in [0.2, 0.25) is 0 Å². The third-order valence-electron chi connectivity index (χ3n) is 16.0. The Bertz CT molecular complexity index is 1380. The van der Waals surface area contributed by atoms with Crippen LogP contribution in [0.4, 0.5) is 0 Å². The Hall–Kier alpha value is -1.52. The van der Waals surface area contributed by atoms with Crippen LogP contribution in [-0.4, -0.2) is 114 Å². The molecule has 18 atom stereocenters. The number of allylic oxidation sites excluding steroid dienone is 1. The average molecular weight is 790 g/mol. The zero-order valence-electron chi connectivity index (χ0n) is 34.3. The molecule has 318 valence electrons. The van der Waals surface area contributed by atoms with Gasteiger partial charge in [0, 0.05) is 30.6 Å². The maximum Gasteiger partial charge on any atom is 0.339 e. The molecule has 5 aliphatic heterocycles. The number of hydrogen-bond donors (Lipinski definition) is 8. The number of ether oxygens (including phenoxy) is 3. The second-order valence-corrected chi connectivity index (χ2v) is 19.2. The van der Waals surface area contributed by atoms with Gasteiger partial charge in [-0.2, -0.15) is 0 Å². The largest absolute Gasteiger partial charge is 0.456 e. The number of nitrogens with one attached hydrogen (secondary N) is 1. The molecule has 0 aromatic rings. The van der Waals surface area contributed by atoms with E-state index in [0.29, 0.717) is 30.4 Å². The average Bonchev–Trinajstić information content (AvgIpc) is 3.17. The number of likely N-dealkylation sites (N-methyl/N-ethyl adjacent to an activating group) is 1. The first kappa shape index (κ1) is 42.6. The number of carbonyl (C=O) groups excluding carboxylic acids is 2. The minimum atomic E-state index is -1.05. The molecule has 7 rings (SSSR count). The van der Waals surface area contributed by atoms with Gasteiger partial charge < -0.3 is 51.2 Å². The Morgan fingerprint density at radius 3 is 2.57 bits per heavy atom. The number of rotatable bonds is 10. The first-order valence-corrected chi connectivity index (χ1v) is 22.5. The molecule has 13 nitrogen and oxygen atoms in total. The van der Waals surface area contributed by atoms with Crippen molar-refractivity contribution >= 4 is 11.8 Å². The van der Waals surface area contributed by atoms with Crippen molar-refractivity contribution in [1.29, 1.82) is 0 Å². The maximum absolute atomic E-state index is 14.2. The standard InChI is InChI=1S/C43H73N5O8/c1-4-25(21-46-5-2)42(53)55-34-19-32-38(52)37-33(51)18-28(22-49)54-40(37)36-31(17-23-7-6-8-27(50)16-23)29-13-14-47-41(45)30(29)11-10-26(43(34,3)56-39(32)36)15-24-9-12-35(44)48-20-24/h4,23-24,26-32,34-41,46-50,52H,5-22,44-45H2,1-3H3/p+2. The number of piperidine rings is 2. The van der Waals surface area contributed by atoms with Crippen LogP contribution in [0, 0.1) is 53.3 Å². The van der Waals surface area contributed by atoms with E-state index in [2.05, 4.69) is 29.8 Å². The molecule has 0 radical (unpaired) electrons. The van der Waals surface area contributed by atoms with Crippen LogP contribution >= 0.6 is 0 Å². The fraction of sp³-hybridized carbons (Fsp3) is 0.907. The SMILES string of the molecule is CC=C(C[NH2+]CC)C(=O)OC1CC2C(O)C3C(=O)CC(CO)OC3C3C(CC4CCCC(O)C4)C4CCNC(N)C4CCC(CC4CCC(N)[NH2+]C4)C1(C)OC23. The number of carbonyl (C=O) groups is 2. The van der Waals surface area contributed by atoms with Crippen molar-refractivity contribution in [2.45, 2.75) is 159 Å². The summed E-state index contributed by atoms with van der Waals surface area (Å²) >= 11 is 0. The van der Waals surface area contributed by atoms with E-state index in [1.165, 1.54) is 0 Å². The first-order chi connectivity index (χ1) is 26.9. The van der Waals surface area contributed by atoms with Crippen molar-refractivity contribution in [3.05, 3.63) is 11.6 Å². The van der Waals surface area contributed by atoms with Gasteiger partial charge in [-0.3, -0.25) is 10.5 Å². The van der Waals surface area contributed by atoms with E-state index >= 15 is 0 Å². The monoisotopic (exact) mass is 790 g/mol. The summed E-state index contributed by atoms with van der Waals surface area (Å²) in [4.78, 5) is 28.3. The molecule has 7 aliphatic rings. The summed E-state index contributed by atoms with van der Waals surface area (Å²) in [5, 5.41) is 41.7. The molecule has 5 saturated heterocycles. The summed E-state index contributed by atoms with van der Waals surface area (Å²) in [5.41, 5.74) is 13.2. The van der Waals surface area contributed by atoms with Gasteiger partial charge in [0.25, 0.3) is 0 Å². The highest BCUT2D eigenvalue weighted by atomic mass is 16.6. The van der Waals surface area contributed by atoms with Gasteiger partial charge in [-0.25, -0.2) is 4.79 Å². The Morgan fingerprint density at radius 1 is 1.04 bits per heavy atom. The Kier molecular flexibility index (Phi) is 14.0. The Labute approximate surface area is 334 Å². The molecule has 0 aromatic heterocycles. The zero-order valence-corrected chi connectivity index (χ0v) is 34.3. The molecule has 2 saturated carbocycles. The molecule has 56 heavy (non-hydrogen) atoms. The quantitative estimate of drug-likeness (QED) is 0.109. The lowest BCUT2D eigenvalue weighted by molar-refractivity contribution is -0.703. The van der Waals surface area contributed by atoms with Gasteiger partial charge in [-0.15, -0.1) is 0 Å². The second kappa shape index (κ2) is 18.4. The number of hydrogen-bond acceptors (Lipinski definition) is 11. The fourth-order valence-electron chi connectivity index (χ4n) is 12.9. The van der Waals surface area contributed by atoms with E-state index in [1.54, 1.807) is 0 Å². The van der Waals surface area contributed by atoms with Gasteiger partial charge in [0.15, 0.2) is 0 Å². The number of quaternary nitrogens is 2. The van der Waals surface area contributed by atoms with Gasteiger partial charge >= 0.3 is 5.97 Å². The molecule has 18 unspecified atom stereocenters. The molecule has 0 spiro atoms. The number of fused-ring (bicyclic) bond motifs is 4. The number of nitrogens with two attached hydrogens (primary N) is 4. The van der Waals surface area contributed by atoms with Crippen LogP contribution in [0.3, 0.4) is 0 Å². The Balaban J connectivity index is 1.35. The van der Waals surface area contributed by atoms with E-state index in [1.807, 2.05) is 13.0 Å². The topological polar surface area (TPSA) is 220 Å². The lowest BCUT2D eigenvalue weighted by Gasteiger charge is -2.62. The minimum Gasteiger partial charge on any atom is -0.456 e. The molecule has 2 aliphatic carbocycles. The minimum absolute atomic E-state index is 0.0275. The molecule has 2 bridgehead atoms. The fourth-order valence-corrected chi connectivity index (χ4v) is 12.9. The van der Waals surface area contributed by atoms with Gasteiger partial charge in [-0.1, -0.05) is 18.9 Å². The highest BCUT2D eigenvalue weighted by molar-refractivity contribution is 5.88.